The molecule has 1 saturated heterocycles. The van der Waals surface area contributed by atoms with E-state index in [1.165, 1.54) is 0 Å². The normalized spacial score (nSPS) is 19.5. The molecule has 1 N–H and O–H groups in total. The summed E-state index contributed by atoms with van der Waals surface area (Å²) in [5.41, 5.74) is 0. The highest BCUT2D eigenvalue weighted by Gasteiger charge is 2.20. The molecule has 0 spiro atoms. The van der Waals surface area contributed by atoms with Gasteiger partial charge in [0.25, 0.3) is 0 Å². The van der Waals surface area contributed by atoms with Crippen molar-refractivity contribution in [2.24, 2.45) is 0 Å². The van der Waals surface area contributed by atoms with Crippen LogP contribution in [-0.4, -0.2) is 42.8 Å². The summed E-state index contributed by atoms with van der Waals surface area (Å²) in [6.45, 7) is 6.91. The van der Waals surface area contributed by atoms with E-state index < -0.39 is 0 Å². The SMILES string of the molecule is CCCc1nc(NC)cc(N2CCOC(CC)C2)n1. The molecule has 2 rings (SSSR count). The van der Waals surface area contributed by atoms with E-state index in [9.17, 15) is 0 Å². The summed E-state index contributed by atoms with van der Waals surface area (Å²) in [6, 6.07) is 2.02. The molecule has 0 aromatic carbocycles. The Labute approximate surface area is 115 Å². The minimum atomic E-state index is 0.316. The molecule has 2 heterocycles. The van der Waals surface area contributed by atoms with Gasteiger partial charge < -0.3 is 15.0 Å². The maximum atomic E-state index is 5.71. The Bertz CT molecular complexity index is 410. The number of hydrogen-bond acceptors (Lipinski definition) is 5. The van der Waals surface area contributed by atoms with Gasteiger partial charge in [-0.25, -0.2) is 9.97 Å². The Morgan fingerprint density at radius 1 is 1.42 bits per heavy atom. The Morgan fingerprint density at radius 3 is 2.95 bits per heavy atom. The summed E-state index contributed by atoms with van der Waals surface area (Å²) in [5.74, 6) is 2.83. The van der Waals surface area contributed by atoms with Crippen LogP contribution in [-0.2, 0) is 11.2 Å². The Morgan fingerprint density at radius 2 is 2.26 bits per heavy atom. The van der Waals surface area contributed by atoms with Crippen molar-refractivity contribution in [3.63, 3.8) is 0 Å². The highest BCUT2D eigenvalue weighted by atomic mass is 16.5. The van der Waals surface area contributed by atoms with Gasteiger partial charge in [0.15, 0.2) is 0 Å². The zero-order valence-electron chi connectivity index (χ0n) is 12.1. The third kappa shape index (κ3) is 3.56. The average molecular weight is 264 g/mol. The second-order valence-corrected chi connectivity index (χ2v) is 4.87. The molecule has 1 aromatic rings. The second kappa shape index (κ2) is 6.70. The van der Waals surface area contributed by atoms with Crippen LogP contribution in [0.4, 0.5) is 11.6 Å². The summed E-state index contributed by atoms with van der Waals surface area (Å²) in [4.78, 5) is 11.5. The molecule has 0 aliphatic carbocycles. The van der Waals surface area contributed by atoms with Gasteiger partial charge in [-0.1, -0.05) is 13.8 Å². The standard InChI is InChI=1S/C14H24N4O/c1-4-6-12-16-13(15-3)9-14(17-12)18-7-8-19-11(5-2)10-18/h9,11H,4-8,10H2,1-3H3,(H,15,16,17). The molecule has 5 heteroatoms. The third-order valence-corrected chi connectivity index (χ3v) is 3.41. The zero-order valence-corrected chi connectivity index (χ0v) is 12.1. The van der Waals surface area contributed by atoms with Crippen LogP contribution in [0.5, 0.6) is 0 Å². The van der Waals surface area contributed by atoms with Crippen LogP contribution in [0, 0.1) is 0 Å². The minimum Gasteiger partial charge on any atom is -0.375 e. The maximum Gasteiger partial charge on any atom is 0.134 e. The van der Waals surface area contributed by atoms with Crippen LogP contribution in [0.3, 0.4) is 0 Å². The summed E-state index contributed by atoms with van der Waals surface area (Å²) < 4.78 is 5.71. The Hall–Kier alpha value is -1.36. The van der Waals surface area contributed by atoms with Gasteiger partial charge in [-0.2, -0.15) is 0 Å². The molecular formula is C14H24N4O. The first-order valence-electron chi connectivity index (χ1n) is 7.19. The monoisotopic (exact) mass is 264 g/mol. The van der Waals surface area contributed by atoms with Crippen molar-refractivity contribution < 1.29 is 4.74 Å². The predicted molar refractivity (Wildman–Crippen MR) is 77.8 cm³/mol. The van der Waals surface area contributed by atoms with Crippen molar-refractivity contribution in [1.29, 1.82) is 0 Å². The fourth-order valence-corrected chi connectivity index (χ4v) is 2.28. The van der Waals surface area contributed by atoms with Crippen LogP contribution in [0.2, 0.25) is 0 Å². The molecule has 106 valence electrons. The van der Waals surface area contributed by atoms with Crippen molar-refractivity contribution in [3.05, 3.63) is 11.9 Å². The molecule has 1 aliphatic heterocycles. The van der Waals surface area contributed by atoms with Gasteiger partial charge in [-0.15, -0.1) is 0 Å². The van der Waals surface area contributed by atoms with Gasteiger partial charge in [-0.05, 0) is 12.8 Å². The van der Waals surface area contributed by atoms with E-state index in [1.807, 2.05) is 13.1 Å². The number of morpholine rings is 1. The number of nitrogens with zero attached hydrogens (tertiary/aromatic N) is 3. The highest BCUT2D eigenvalue weighted by Crippen LogP contribution is 2.20. The fourth-order valence-electron chi connectivity index (χ4n) is 2.28. The number of ether oxygens (including phenoxy) is 1. The summed E-state index contributed by atoms with van der Waals surface area (Å²) in [7, 11) is 1.90. The number of nitrogens with one attached hydrogen (secondary N) is 1. The molecule has 0 bridgehead atoms. The lowest BCUT2D eigenvalue weighted by molar-refractivity contribution is 0.0381. The highest BCUT2D eigenvalue weighted by molar-refractivity contribution is 5.49. The van der Waals surface area contributed by atoms with Gasteiger partial charge in [0.1, 0.15) is 17.5 Å². The van der Waals surface area contributed by atoms with Crippen LogP contribution in [0.25, 0.3) is 0 Å². The first-order chi connectivity index (χ1) is 9.26. The van der Waals surface area contributed by atoms with E-state index in [2.05, 4.69) is 34.0 Å². The Kier molecular flexibility index (Phi) is 4.96. The third-order valence-electron chi connectivity index (χ3n) is 3.41. The molecule has 1 aromatic heterocycles. The molecule has 19 heavy (non-hydrogen) atoms. The van der Waals surface area contributed by atoms with Crippen molar-refractivity contribution in [3.8, 4) is 0 Å². The molecule has 0 radical (unpaired) electrons. The molecule has 0 amide bonds. The van der Waals surface area contributed by atoms with Gasteiger partial charge >= 0.3 is 0 Å². The lowest BCUT2D eigenvalue weighted by atomic mass is 10.2. The van der Waals surface area contributed by atoms with Crippen LogP contribution < -0.4 is 10.2 Å². The maximum absolute atomic E-state index is 5.71. The average Bonchev–Trinajstić information content (AvgIpc) is 2.47. The van der Waals surface area contributed by atoms with E-state index >= 15 is 0 Å². The summed E-state index contributed by atoms with van der Waals surface area (Å²) in [6.07, 6.45) is 3.34. The smallest absolute Gasteiger partial charge is 0.134 e. The van der Waals surface area contributed by atoms with Crippen LogP contribution in [0.15, 0.2) is 6.07 Å². The number of hydrogen-bond donors (Lipinski definition) is 1. The number of rotatable bonds is 5. The van der Waals surface area contributed by atoms with Gasteiger partial charge in [0, 0.05) is 32.6 Å². The van der Waals surface area contributed by atoms with E-state index in [-0.39, 0.29) is 0 Å². The molecule has 1 aliphatic rings. The van der Waals surface area contributed by atoms with Crippen LogP contribution >= 0.6 is 0 Å². The molecule has 1 unspecified atom stereocenters. The quantitative estimate of drug-likeness (QED) is 0.882. The molecule has 0 saturated carbocycles. The van der Waals surface area contributed by atoms with E-state index in [4.69, 9.17) is 4.74 Å². The first kappa shape index (κ1) is 14.1. The van der Waals surface area contributed by atoms with Crippen LogP contribution in [0.1, 0.15) is 32.5 Å². The van der Waals surface area contributed by atoms with Gasteiger partial charge in [0.05, 0.1) is 12.7 Å². The van der Waals surface area contributed by atoms with Crippen molar-refractivity contribution in [2.75, 3.05) is 37.0 Å². The predicted octanol–water partition coefficient (Wildman–Crippen LogP) is 2.09. The first-order valence-corrected chi connectivity index (χ1v) is 7.19. The lowest BCUT2D eigenvalue weighted by Crippen LogP contribution is -2.42. The molecule has 1 fully saturated rings. The molecule has 1 atom stereocenters. The summed E-state index contributed by atoms with van der Waals surface area (Å²) >= 11 is 0. The van der Waals surface area contributed by atoms with Gasteiger partial charge in [0.2, 0.25) is 0 Å². The Balaban J connectivity index is 2.19. The van der Waals surface area contributed by atoms with E-state index in [0.717, 1.165) is 56.4 Å². The molecule has 5 nitrogen and oxygen atoms in total. The number of aromatic nitrogens is 2. The van der Waals surface area contributed by atoms with Crippen molar-refractivity contribution in [2.45, 2.75) is 39.2 Å². The van der Waals surface area contributed by atoms with E-state index in [1.54, 1.807) is 0 Å². The van der Waals surface area contributed by atoms with Gasteiger partial charge in [-0.3, -0.25) is 0 Å². The minimum absolute atomic E-state index is 0.316. The topological polar surface area (TPSA) is 50.3 Å². The van der Waals surface area contributed by atoms with Crippen molar-refractivity contribution in [1.82, 2.24) is 9.97 Å². The molecular weight excluding hydrogens is 240 g/mol. The largest absolute Gasteiger partial charge is 0.375 e. The lowest BCUT2D eigenvalue weighted by Gasteiger charge is -2.33. The second-order valence-electron chi connectivity index (χ2n) is 4.87. The van der Waals surface area contributed by atoms with E-state index in [0.29, 0.717) is 6.10 Å². The summed E-state index contributed by atoms with van der Waals surface area (Å²) in [5, 5.41) is 3.12. The zero-order chi connectivity index (χ0) is 13.7. The fraction of sp³-hybridized carbons (Fsp3) is 0.714. The van der Waals surface area contributed by atoms with Crippen molar-refractivity contribution >= 4 is 11.6 Å². The number of aryl methyl sites for hydroxylation is 1. The number of anilines is 2.